The molecular formula is C16H23N3. The number of nitrogens with zero attached hydrogens (tertiary/aromatic N) is 3. The second-order valence-corrected chi connectivity index (χ2v) is 4.15. The Kier molecular flexibility index (Phi) is 6.72. The average molecular weight is 257 g/mol. The first-order valence-corrected chi connectivity index (χ1v) is 7.04. The second-order valence-electron chi connectivity index (χ2n) is 4.15. The molecule has 0 fully saturated rings. The second kappa shape index (κ2) is 8.35. The Labute approximate surface area is 116 Å². The molecule has 0 saturated carbocycles. The summed E-state index contributed by atoms with van der Waals surface area (Å²) in [4.78, 5) is 13.1. The van der Waals surface area contributed by atoms with Crippen LogP contribution in [0.25, 0.3) is 11.3 Å². The number of unbranched alkanes of at least 4 members (excludes halogenated alkanes) is 1. The van der Waals surface area contributed by atoms with Crippen LogP contribution in [0.1, 0.15) is 45.1 Å². The summed E-state index contributed by atoms with van der Waals surface area (Å²) in [5.74, 6) is 0.921. The van der Waals surface area contributed by atoms with Gasteiger partial charge in [-0.25, -0.2) is 9.97 Å². The van der Waals surface area contributed by atoms with Crippen LogP contribution >= 0.6 is 0 Å². The molecule has 0 spiro atoms. The van der Waals surface area contributed by atoms with Crippen molar-refractivity contribution >= 4 is 0 Å². The summed E-state index contributed by atoms with van der Waals surface area (Å²) in [6, 6.07) is 5.99. The van der Waals surface area contributed by atoms with E-state index in [4.69, 9.17) is 0 Å². The van der Waals surface area contributed by atoms with Crippen LogP contribution in [-0.2, 0) is 6.42 Å². The van der Waals surface area contributed by atoms with Gasteiger partial charge < -0.3 is 0 Å². The average Bonchev–Trinajstić information content (AvgIpc) is 2.48. The molecule has 0 unspecified atom stereocenters. The van der Waals surface area contributed by atoms with Crippen molar-refractivity contribution in [2.75, 3.05) is 0 Å². The van der Waals surface area contributed by atoms with Crippen molar-refractivity contribution in [1.82, 2.24) is 15.0 Å². The molecule has 3 nitrogen and oxygen atoms in total. The van der Waals surface area contributed by atoms with Crippen LogP contribution in [-0.4, -0.2) is 15.0 Å². The fraction of sp³-hybridized carbons (Fsp3) is 0.438. The Bertz CT molecular complexity index is 478. The lowest BCUT2D eigenvalue weighted by molar-refractivity contribution is 0.753. The number of rotatable bonds is 4. The molecule has 0 radical (unpaired) electrons. The van der Waals surface area contributed by atoms with Gasteiger partial charge in [0.1, 0.15) is 5.82 Å². The molecule has 102 valence electrons. The zero-order valence-electron chi connectivity index (χ0n) is 12.3. The zero-order chi connectivity index (χ0) is 14.1. The molecule has 2 aromatic rings. The number of pyridine rings is 1. The maximum absolute atomic E-state index is 4.56. The van der Waals surface area contributed by atoms with Gasteiger partial charge in [0, 0.05) is 30.1 Å². The largest absolute Gasteiger partial charge is 0.261 e. The molecule has 0 saturated heterocycles. The van der Waals surface area contributed by atoms with Crippen molar-refractivity contribution in [2.24, 2.45) is 0 Å². The summed E-state index contributed by atoms with van der Waals surface area (Å²) < 4.78 is 0. The molecule has 2 rings (SSSR count). The first kappa shape index (κ1) is 15.3. The third-order valence-electron chi connectivity index (χ3n) is 2.67. The fourth-order valence-corrected chi connectivity index (χ4v) is 1.63. The van der Waals surface area contributed by atoms with E-state index in [9.17, 15) is 0 Å². The van der Waals surface area contributed by atoms with E-state index in [1.807, 2.05) is 51.4 Å². The predicted octanol–water partition coefficient (Wildman–Crippen LogP) is 4.22. The van der Waals surface area contributed by atoms with Crippen molar-refractivity contribution in [3.63, 3.8) is 0 Å². The van der Waals surface area contributed by atoms with Gasteiger partial charge in [0.05, 0.1) is 5.69 Å². The van der Waals surface area contributed by atoms with Crippen molar-refractivity contribution in [1.29, 1.82) is 0 Å². The molecule has 0 aromatic carbocycles. The van der Waals surface area contributed by atoms with E-state index in [-0.39, 0.29) is 0 Å². The highest BCUT2D eigenvalue weighted by Gasteiger charge is 2.02. The van der Waals surface area contributed by atoms with Crippen LogP contribution in [0.3, 0.4) is 0 Å². The standard InChI is InChI=1S/C14H17N3.C2H6/c1-3-4-5-14-15-9-8-13(17-14)12-7-6-11(2)16-10-12;1-2/h6-10H,3-5H2,1-2H3;1-2H3. The summed E-state index contributed by atoms with van der Waals surface area (Å²) >= 11 is 0. The lowest BCUT2D eigenvalue weighted by Crippen LogP contribution is -1.96. The summed E-state index contributed by atoms with van der Waals surface area (Å²) in [5, 5.41) is 0. The first-order valence-electron chi connectivity index (χ1n) is 7.04. The Morgan fingerprint density at radius 1 is 1.05 bits per heavy atom. The molecule has 0 aliphatic heterocycles. The molecule has 0 aliphatic rings. The first-order chi connectivity index (χ1) is 9.29. The van der Waals surface area contributed by atoms with Gasteiger partial charge >= 0.3 is 0 Å². The number of hydrogen-bond donors (Lipinski definition) is 0. The molecule has 0 bridgehead atoms. The van der Waals surface area contributed by atoms with Crippen LogP contribution in [0, 0.1) is 6.92 Å². The molecule has 0 aliphatic carbocycles. The number of aryl methyl sites for hydroxylation is 2. The lowest BCUT2D eigenvalue weighted by atomic mass is 10.2. The van der Waals surface area contributed by atoms with E-state index in [0.717, 1.165) is 35.6 Å². The van der Waals surface area contributed by atoms with Gasteiger partial charge in [-0.05, 0) is 31.5 Å². The van der Waals surface area contributed by atoms with E-state index in [1.165, 1.54) is 6.42 Å². The van der Waals surface area contributed by atoms with Gasteiger partial charge in [-0.1, -0.05) is 27.2 Å². The third kappa shape index (κ3) is 4.78. The van der Waals surface area contributed by atoms with E-state index >= 15 is 0 Å². The summed E-state index contributed by atoms with van der Waals surface area (Å²) in [7, 11) is 0. The minimum Gasteiger partial charge on any atom is -0.261 e. The predicted molar refractivity (Wildman–Crippen MR) is 80.0 cm³/mol. The Morgan fingerprint density at radius 2 is 1.84 bits per heavy atom. The SMILES string of the molecule is CC.CCCCc1nccc(-c2ccc(C)nc2)n1. The van der Waals surface area contributed by atoms with Gasteiger partial charge in [-0.15, -0.1) is 0 Å². The highest BCUT2D eigenvalue weighted by Crippen LogP contribution is 2.15. The highest BCUT2D eigenvalue weighted by molar-refractivity contribution is 5.57. The van der Waals surface area contributed by atoms with Crippen molar-refractivity contribution in [2.45, 2.75) is 47.0 Å². The minimum absolute atomic E-state index is 0.921. The maximum atomic E-state index is 4.56. The molecule has 0 amide bonds. The van der Waals surface area contributed by atoms with E-state index < -0.39 is 0 Å². The summed E-state index contributed by atoms with van der Waals surface area (Å²) in [6.45, 7) is 8.16. The molecule has 2 heterocycles. The maximum Gasteiger partial charge on any atom is 0.128 e. The van der Waals surface area contributed by atoms with Crippen molar-refractivity contribution in [3.8, 4) is 11.3 Å². The molecule has 2 aromatic heterocycles. The quantitative estimate of drug-likeness (QED) is 0.823. The van der Waals surface area contributed by atoms with E-state index in [1.54, 1.807) is 0 Å². The van der Waals surface area contributed by atoms with Crippen molar-refractivity contribution < 1.29 is 0 Å². The van der Waals surface area contributed by atoms with Crippen LogP contribution in [0.2, 0.25) is 0 Å². The van der Waals surface area contributed by atoms with Gasteiger partial charge in [-0.3, -0.25) is 4.98 Å². The summed E-state index contributed by atoms with van der Waals surface area (Å²) in [5.41, 5.74) is 3.03. The lowest BCUT2D eigenvalue weighted by Gasteiger charge is -2.03. The number of hydrogen-bond acceptors (Lipinski definition) is 3. The number of aromatic nitrogens is 3. The highest BCUT2D eigenvalue weighted by atomic mass is 14.9. The molecule has 0 N–H and O–H groups in total. The monoisotopic (exact) mass is 257 g/mol. The fourth-order valence-electron chi connectivity index (χ4n) is 1.63. The van der Waals surface area contributed by atoms with Gasteiger partial charge in [0.15, 0.2) is 0 Å². The Morgan fingerprint density at radius 3 is 2.47 bits per heavy atom. The molecular weight excluding hydrogens is 234 g/mol. The minimum atomic E-state index is 0.921. The van der Waals surface area contributed by atoms with Crippen LogP contribution < -0.4 is 0 Å². The Hall–Kier alpha value is -1.77. The normalized spacial score (nSPS) is 9.68. The molecule has 19 heavy (non-hydrogen) atoms. The van der Waals surface area contributed by atoms with Crippen LogP contribution in [0.15, 0.2) is 30.6 Å². The summed E-state index contributed by atoms with van der Waals surface area (Å²) in [6.07, 6.45) is 6.94. The Balaban J connectivity index is 0.000000861. The third-order valence-corrected chi connectivity index (χ3v) is 2.67. The van der Waals surface area contributed by atoms with Crippen LogP contribution in [0.5, 0.6) is 0 Å². The van der Waals surface area contributed by atoms with E-state index in [0.29, 0.717) is 0 Å². The van der Waals surface area contributed by atoms with Gasteiger partial charge in [0.2, 0.25) is 0 Å². The van der Waals surface area contributed by atoms with E-state index in [2.05, 4.69) is 21.9 Å². The van der Waals surface area contributed by atoms with Crippen molar-refractivity contribution in [3.05, 3.63) is 42.1 Å². The van der Waals surface area contributed by atoms with Gasteiger partial charge in [-0.2, -0.15) is 0 Å². The smallest absolute Gasteiger partial charge is 0.128 e. The van der Waals surface area contributed by atoms with Gasteiger partial charge in [0.25, 0.3) is 0 Å². The topological polar surface area (TPSA) is 38.7 Å². The molecule has 3 heteroatoms. The zero-order valence-corrected chi connectivity index (χ0v) is 12.3. The van der Waals surface area contributed by atoms with Crippen LogP contribution in [0.4, 0.5) is 0 Å². The molecule has 0 atom stereocenters.